The lowest BCUT2D eigenvalue weighted by Crippen LogP contribution is -2.12. The second-order valence-corrected chi connectivity index (χ2v) is 3.89. The normalized spacial score (nSPS) is 10.0. The summed E-state index contributed by atoms with van der Waals surface area (Å²) in [5.74, 6) is -1.15. The van der Waals surface area contributed by atoms with Gasteiger partial charge < -0.3 is 0 Å². The lowest BCUT2D eigenvalue weighted by atomic mass is 9.96. The zero-order valence-electron chi connectivity index (χ0n) is 9.85. The van der Waals surface area contributed by atoms with Crippen molar-refractivity contribution in [3.05, 3.63) is 66.8 Å². The molecule has 0 amide bonds. The van der Waals surface area contributed by atoms with Crippen LogP contribution in [0.3, 0.4) is 0 Å². The SMILES string of the molecule is C=CC(=O)C(=O)c1cc2ccccc2cc1C=C. The van der Waals surface area contributed by atoms with Gasteiger partial charge in [0.25, 0.3) is 0 Å². The number of Topliss-reactive ketones (excluding diaryl/α,β-unsaturated/α-hetero) is 1. The number of fused-ring (bicyclic) bond motifs is 1. The molecule has 0 heterocycles. The van der Waals surface area contributed by atoms with Gasteiger partial charge in [0, 0.05) is 5.56 Å². The monoisotopic (exact) mass is 236 g/mol. The maximum atomic E-state index is 11.9. The molecule has 0 aliphatic carbocycles. The predicted molar refractivity (Wildman–Crippen MR) is 73.6 cm³/mol. The molecule has 2 rings (SSSR count). The number of benzene rings is 2. The Kier molecular flexibility index (Phi) is 3.20. The molecule has 0 unspecified atom stereocenters. The minimum absolute atomic E-state index is 0.369. The molecule has 2 aromatic rings. The summed E-state index contributed by atoms with van der Waals surface area (Å²) >= 11 is 0. The Labute approximate surface area is 105 Å². The molecule has 0 bridgehead atoms. The van der Waals surface area contributed by atoms with E-state index in [4.69, 9.17) is 0 Å². The smallest absolute Gasteiger partial charge is 0.233 e. The van der Waals surface area contributed by atoms with Crippen LogP contribution in [0.25, 0.3) is 16.8 Å². The molecule has 0 spiro atoms. The van der Waals surface area contributed by atoms with Crippen molar-refractivity contribution in [3.8, 4) is 0 Å². The quantitative estimate of drug-likeness (QED) is 0.463. The van der Waals surface area contributed by atoms with Crippen molar-refractivity contribution in [1.29, 1.82) is 0 Å². The van der Waals surface area contributed by atoms with E-state index in [0.29, 0.717) is 11.1 Å². The molecule has 0 saturated heterocycles. The van der Waals surface area contributed by atoms with Crippen LogP contribution in [0.2, 0.25) is 0 Å². The highest BCUT2D eigenvalue weighted by Gasteiger charge is 2.16. The van der Waals surface area contributed by atoms with E-state index in [1.807, 2.05) is 30.3 Å². The number of hydrogen-bond acceptors (Lipinski definition) is 2. The molecule has 88 valence electrons. The van der Waals surface area contributed by atoms with Gasteiger partial charge in [-0.3, -0.25) is 9.59 Å². The van der Waals surface area contributed by atoms with Crippen LogP contribution in [0.1, 0.15) is 15.9 Å². The van der Waals surface area contributed by atoms with Crippen LogP contribution in [-0.2, 0) is 4.79 Å². The van der Waals surface area contributed by atoms with E-state index in [2.05, 4.69) is 13.2 Å². The van der Waals surface area contributed by atoms with Gasteiger partial charge in [0.2, 0.25) is 11.6 Å². The van der Waals surface area contributed by atoms with E-state index < -0.39 is 11.6 Å². The van der Waals surface area contributed by atoms with Crippen LogP contribution in [-0.4, -0.2) is 11.6 Å². The highest BCUT2D eigenvalue weighted by atomic mass is 16.2. The zero-order valence-corrected chi connectivity index (χ0v) is 9.85. The second-order valence-electron chi connectivity index (χ2n) is 3.89. The molecule has 0 radical (unpaired) electrons. The highest BCUT2D eigenvalue weighted by Crippen LogP contribution is 2.21. The van der Waals surface area contributed by atoms with Crippen molar-refractivity contribution < 1.29 is 9.59 Å². The summed E-state index contributed by atoms with van der Waals surface area (Å²) in [5, 5.41) is 1.93. The summed E-state index contributed by atoms with van der Waals surface area (Å²) in [6.07, 6.45) is 2.61. The standard InChI is InChI=1S/C16H12O2/c1-3-11-9-12-7-5-6-8-13(12)10-14(11)16(18)15(17)4-2/h3-10H,1-2H2. The minimum Gasteiger partial charge on any atom is -0.286 e. The summed E-state index contributed by atoms with van der Waals surface area (Å²) in [6, 6.07) is 11.2. The fraction of sp³-hybridized carbons (Fsp3) is 0. The van der Waals surface area contributed by atoms with Gasteiger partial charge in [-0.05, 0) is 34.5 Å². The van der Waals surface area contributed by atoms with Gasteiger partial charge in [-0.1, -0.05) is 43.5 Å². The van der Waals surface area contributed by atoms with Gasteiger partial charge in [-0.2, -0.15) is 0 Å². The molecule has 2 heteroatoms. The number of allylic oxidation sites excluding steroid dienone is 1. The summed E-state index contributed by atoms with van der Waals surface area (Å²) in [6.45, 7) is 7.01. The molecule has 2 aromatic carbocycles. The third-order valence-electron chi connectivity index (χ3n) is 2.79. The number of ketones is 2. The molecule has 0 atom stereocenters. The first kappa shape index (κ1) is 12.0. The maximum Gasteiger partial charge on any atom is 0.233 e. The van der Waals surface area contributed by atoms with Gasteiger partial charge in [-0.25, -0.2) is 0 Å². The lowest BCUT2D eigenvalue weighted by molar-refractivity contribution is -0.110. The first-order valence-electron chi connectivity index (χ1n) is 5.53. The maximum absolute atomic E-state index is 11.9. The van der Waals surface area contributed by atoms with Gasteiger partial charge >= 0.3 is 0 Å². The average Bonchev–Trinajstić information content (AvgIpc) is 2.44. The fourth-order valence-electron chi connectivity index (χ4n) is 1.85. The Morgan fingerprint density at radius 2 is 1.61 bits per heavy atom. The Hall–Kier alpha value is -2.48. The van der Waals surface area contributed by atoms with Crippen LogP contribution in [0.5, 0.6) is 0 Å². The Morgan fingerprint density at radius 1 is 1.00 bits per heavy atom. The molecule has 0 aliphatic heterocycles. The summed E-state index contributed by atoms with van der Waals surface area (Å²) in [4.78, 5) is 23.3. The van der Waals surface area contributed by atoms with Crippen molar-refractivity contribution in [3.63, 3.8) is 0 Å². The highest BCUT2D eigenvalue weighted by molar-refractivity contribution is 6.48. The molecule has 0 aromatic heterocycles. The van der Waals surface area contributed by atoms with E-state index in [1.165, 1.54) is 0 Å². The molecule has 2 nitrogen and oxygen atoms in total. The van der Waals surface area contributed by atoms with Crippen molar-refractivity contribution in [2.75, 3.05) is 0 Å². The van der Waals surface area contributed by atoms with E-state index >= 15 is 0 Å². The summed E-state index contributed by atoms with van der Waals surface area (Å²) in [7, 11) is 0. The van der Waals surface area contributed by atoms with E-state index in [9.17, 15) is 9.59 Å². The van der Waals surface area contributed by atoms with Crippen molar-refractivity contribution in [1.82, 2.24) is 0 Å². The third-order valence-corrected chi connectivity index (χ3v) is 2.79. The Bertz CT molecular complexity index is 666. The Balaban J connectivity index is 2.69. The minimum atomic E-state index is -0.603. The lowest BCUT2D eigenvalue weighted by Gasteiger charge is -2.06. The predicted octanol–water partition coefficient (Wildman–Crippen LogP) is 3.42. The van der Waals surface area contributed by atoms with Crippen LogP contribution in [0.15, 0.2) is 55.6 Å². The van der Waals surface area contributed by atoms with Crippen LogP contribution >= 0.6 is 0 Å². The van der Waals surface area contributed by atoms with Crippen molar-refractivity contribution >= 4 is 28.4 Å². The van der Waals surface area contributed by atoms with E-state index in [-0.39, 0.29) is 0 Å². The zero-order chi connectivity index (χ0) is 13.1. The summed E-state index contributed by atoms with van der Waals surface area (Å²) in [5.41, 5.74) is 1.03. The molecular weight excluding hydrogens is 224 g/mol. The molecular formula is C16H12O2. The van der Waals surface area contributed by atoms with Crippen LogP contribution in [0.4, 0.5) is 0 Å². The van der Waals surface area contributed by atoms with Gasteiger partial charge in [-0.15, -0.1) is 0 Å². The number of rotatable bonds is 4. The number of hydrogen-bond donors (Lipinski definition) is 0. The Morgan fingerprint density at radius 3 is 2.17 bits per heavy atom. The largest absolute Gasteiger partial charge is 0.286 e. The molecule has 18 heavy (non-hydrogen) atoms. The molecule has 0 N–H and O–H groups in total. The number of carbonyl (C=O) groups is 2. The van der Waals surface area contributed by atoms with Crippen LogP contribution in [0, 0.1) is 0 Å². The topological polar surface area (TPSA) is 34.1 Å². The first-order chi connectivity index (χ1) is 8.67. The average molecular weight is 236 g/mol. The van der Waals surface area contributed by atoms with Crippen LogP contribution < -0.4 is 0 Å². The fourth-order valence-corrected chi connectivity index (χ4v) is 1.85. The van der Waals surface area contributed by atoms with Gasteiger partial charge in [0.15, 0.2) is 0 Å². The third kappa shape index (κ3) is 2.00. The van der Waals surface area contributed by atoms with Crippen molar-refractivity contribution in [2.45, 2.75) is 0 Å². The first-order valence-corrected chi connectivity index (χ1v) is 5.53. The van der Waals surface area contributed by atoms with Gasteiger partial charge in [0.05, 0.1) is 0 Å². The second kappa shape index (κ2) is 4.80. The van der Waals surface area contributed by atoms with E-state index in [0.717, 1.165) is 16.8 Å². The van der Waals surface area contributed by atoms with Gasteiger partial charge in [0.1, 0.15) is 0 Å². The van der Waals surface area contributed by atoms with E-state index in [1.54, 1.807) is 12.1 Å². The molecule has 0 aliphatic rings. The molecule has 0 saturated carbocycles. The summed E-state index contributed by atoms with van der Waals surface area (Å²) < 4.78 is 0. The number of carbonyl (C=O) groups excluding carboxylic acids is 2. The van der Waals surface area contributed by atoms with Crippen molar-refractivity contribution in [2.24, 2.45) is 0 Å². The molecule has 0 fully saturated rings.